The van der Waals surface area contributed by atoms with Gasteiger partial charge in [-0.25, -0.2) is 8.78 Å². The summed E-state index contributed by atoms with van der Waals surface area (Å²) < 4.78 is 78.9. The van der Waals surface area contributed by atoms with Crippen molar-refractivity contribution in [2.75, 3.05) is 26.4 Å². The molecule has 6 rings (SSSR count). The SMILES string of the molecule is CCCC1CCC(C2CC=C(c3ccc(OCC)c(F)c3F)OC2)CC1.CCCC1CCC(C2CCC(O)(c3ccc(OCC)c(F)c3F)OC2)CC1. The topological polar surface area (TPSA) is 57.2 Å². The van der Waals surface area contributed by atoms with E-state index in [1.165, 1.54) is 95.2 Å². The molecule has 1 N–H and O–H groups in total. The van der Waals surface area contributed by atoms with Gasteiger partial charge in [0.15, 0.2) is 28.9 Å². The Morgan fingerprint density at radius 2 is 1.19 bits per heavy atom. The van der Waals surface area contributed by atoms with Crippen LogP contribution in [0.2, 0.25) is 0 Å². The molecular formula is C44H62F4O5. The molecule has 53 heavy (non-hydrogen) atoms. The van der Waals surface area contributed by atoms with Crippen molar-refractivity contribution in [3.8, 4) is 11.5 Å². The van der Waals surface area contributed by atoms with Gasteiger partial charge in [0.25, 0.3) is 0 Å². The molecule has 4 aliphatic rings. The summed E-state index contributed by atoms with van der Waals surface area (Å²) in [4.78, 5) is 0. The maximum absolute atomic E-state index is 14.5. The third-order valence-corrected chi connectivity index (χ3v) is 12.3. The van der Waals surface area contributed by atoms with E-state index < -0.39 is 29.1 Å². The third kappa shape index (κ3) is 10.3. The molecule has 296 valence electrons. The smallest absolute Gasteiger partial charge is 0.201 e. The highest BCUT2D eigenvalue weighted by Crippen LogP contribution is 2.44. The molecule has 2 aromatic rings. The van der Waals surface area contributed by atoms with Crippen molar-refractivity contribution < 1.29 is 41.6 Å². The van der Waals surface area contributed by atoms with E-state index in [4.69, 9.17) is 18.9 Å². The lowest BCUT2D eigenvalue weighted by molar-refractivity contribution is -0.251. The van der Waals surface area contributed by atoms with Gasteiger partial charge < -0.3 is 24.1 Å². The number of hydrogen-bond donors (Lipinski definition) is 1. The van der Waals surface area contributed by atoms with E-state index in [1.54, 1.807) is 19.9 Å². The molecule has 1 saturated heterocycles. The molecule has 5 nitrogen and oxygen atoms in total. The number of benzene rings is 2. The molecule has 2 heterocycles. The van der Waals surface area contributed by atoms with E-state index >= 15 is 0 Å². The summed E-state index contributed by atoms with van der Waals surface area (Å²) >= 11 is 0. The Bertz CT molecular complexity index is 1470. The first-order valence-corrected chi connectivity index (χ1v) is 20.5. The summed E-state index contributed by atoms with van der Waals surface area (Å²) in [6.45, 7) is 9.50. The zero-order chi connectivity index (χ0) is 38.0. The fraction of sp³-hybridized carbons (Fsp3) is 0.682. The Hall–Kier alpha value is -2.78. The molecule has 3 atom stereocenters. The van der Waals surface area contributed by atoms with Crippen molar-refractivity contribution >= 4 is 5.76 Å². The van der Waals surface area contributed by atoms with Crippen molar-refractivity contribution in [1.29, 1.82) is 0 Å². The molecule has 0 spiro atoms. The first-order valence-electron chi connectivity index (χ1n) is 20.5. The lowest BCUT2D eigenvalue weighted by Crippen LogP contribution is -2.40. The van der Waals surface area contributed by atoms with Crippen molar-refractivity contribution in [1.82, 2.24) is 0 Å². The van der Waals surface area contributed by atoms with Gasteiger partial charge in [-0.2, -0.15) is 8.78 Å². The standard InChI is InChI=1S/C22H32F2O3.C22H30F2O2/c1-3-5-15-6-8-16(9-7-15)17-12-13-22(25,27-14-17)18-10-11-19(26-4-2)21(24)20(18)23;1-3-5-15-6-8-16(9-7-15)17-10-12-19(26-14-17)18-11-13-20(25-4-2)22(24)21(18)23/h10-11,15-17,25H,3-9,12-14H2,1-2H3;11-13,15-17H,3-10,14H2,1-2H3. The van der Waals surface area contributed by atoms with Crippen LogP contribution >= 0.6 is 0 Å². The summed E-state index contributed by atoms with van der Waals surface area (Å²) in [5.74, 6) is -1.51. The Balaban J connectivity index is 0.000000204. The summed E-state index contributed by atoms with van der Waals surface area (Å²) in [5.41, 5.74) is 0.0598. The van der Waals surface area contributed by atoms with Gasteiger partial charge in [-0.3, -0.25) is 0 Å². The second-order valence-electron chi connectivity index (χ2n) is 15.8. The first kappa shape index (κ1) is 41.4. The van der Waals surface area contributed by atoms with E-state index in [9.17, 15) is 22.7 Å². The van der Waals surface area contributed by atoms with E-state index in [-0.39, 0.29) is 35.7 Å². The van der Waals surface area contributed by atoms with Crippen LogP contribution in [-0.4, -0.2) is 31.5 Å². The lowest BCUT2D eigenvalue weighted by Gasteiger charge is -2.41. The normalized spacial score (nSPS) is 29.0. The first-order chi connectivity index (χ1) is 25.6. The maximum Gasteiger partial charge on any atom is 0.201 e. The molecule has 3 unspecified atom stereocenters. The van der Waals surface area contributed by atoms with Crippen molar-refractivity contribution in [3.63, 3.8) is 0 Å². The highest BCUT2D eigenvalue weighted by Gasteiger charge is 2.42. The summed E-state index contributed by atoms with van der Waals surface area (Å²) in [6.07, 6.45) is 19.2. The fourth-order valence-electron chi connectivity index (χ4n) is 9.27. The Kier molecular flexibility index (Phi) is 15.4. The number of halogens is 4. The van der Waals surface area contributed by atoms with Crippen LogP contribution in [0.3, 0.4) is 0 Å². The molecule has 0 bridgehead atoms. The van der Waals surface area contributed by atoms with Crippen LogP contribution in [0.4, 0.5) is 17.6 Å². The minimum atomic E-state index is -1.76. The van der Waals surface area contributed by atoms with Crippen molar-refractivity contribution in [3.05, 3.63) is 64.7 Å². The van der Waals surface area contributed by atoms with Crippen LogP contribution in [0, 0.1) is 58.8 Å². The Morgan fingerprint density at radius 3 is 1.68 bits per heavy atom. The summed E-state index contributed by atoms with van der Waals surface area (Å²) in [6, 6.07) is 5.76. The predicted octanol–water partition coefficient (Wildman–Crippen LogP) is 11.9. The molecule has 2 aliphatic carbocycles. The van der Waals surface area contributed by atoms with Gasteiger partial charge in [0.2, 0.25) is 11.6 Å². The molecule has 0 amide bonds. The van der Waals surface area contributed by atoms with Gasteiger partial charge in [0.1, 0.15) is 5.76 Å². The van der Waals surface area contributed by atoms with Crippen molar-refractivity contribution in [2.45, 2.75) is 130 Å². The largest absolute Gasteiger partial charge is 0.493 e. The quantitative estimate of drug-likeness (QED) is 0.219. The fourth-order valence-corrected chi connectivity index (χ4v) is 9.27. The van der Waals surface area contributed by atoms with E-state index in [2.05, 4.69) is 13.8 Å². The molecule has 2 saturated carbocycles. The number of aliphatic hydroxyl groups is 1. The maximum atomic E-state index is 14.5. The van der Waals surface area contributed by atoms with E-state index in [0.717, 1.165) is 24.7 Å². The zero-order valence-corrected chi connectivity index (χ0v) is 32.4. The average Bonchev–Trinajstić information content (AvgIpc) is 3.17. The van der Waals surface area contributed by atoms with Crippen LogP contribution in [0.25, 0.3) is 5.76 Å². The minimum absolute atomic E-state index is 0.0492. The molecular weight excluding hydrogens is 684 g/mol. The Morgan fingerprint density at radius 1 is 0.642 bits per heavy atom. The highest BCUT2D eigenvalue weighted by atomic mass is 19.2. The molecule has 9 heteroatoms. The second kappa shape index (κ2) is 19.7. The van der Waals surface area contributed by atoms with Gasteiger partial charge in [-0.05, 0) is 118 Å². The third-order valence-electron chi connectivity index (χ3n) is 12.3. The van der Waals surface area contributed by atoms with Gasteiger partial charge >= 0.3 is 0 Å². The lowest BCUT2D eigenvalue weighted by atomic mass is 9.72. The van der Waals surface area contributed by atoms with E-state index in [1.807, 2.05) is 6.08 Å². The van der Waals surface area contributed by atoms with Gasteiger partial charge in [0, 0.05) is 12.0 Å². The predicted molar refractivity (Wildman–Crippen MR) is 200 cm³/mol. The highest BCUT2D eigenvalue weighted by molar-refractivity contribution is 5.62. The van der Waals surface area contributed by atoms with Crippen LogP contribution in [0.5, 0.6) is 11.5 Å². The zero-order valence-electron chi connectivity index (χ0n) is 32.4. The minimum Gasteiger partial charge on any atom is -0.493 e. The van der Waals surface area contributed by atoms with E-state index in [0.29, 0.717) is 49.3 Å². The molecule has 0 aromatic heterocycles. The van der Waals surface area contributed by atoms with Crippen LogP contribution < -0.4 is 9.47 Å². The number of allylic oxidation sites excluding steroid dienone is 1. The number of ether oxygens (including phenoxy) is 4. The van der Waals surface area contributed by atoms with Gasteiger partial charge in [-0.1, -0.05) is 65.2 Å². The van der Waals surface area contributed by atoms with Crippen LogP contribution in [0.1, 0.15) is 135 Å². The second-order valence-corrected chi connectivity index (χ2v) is 15.8. The van der Waals surface area contributed by atoms with Gasteiger partial charge in [-0.15, -0.1) is 0 Å². The Labute approximate surface area is 314 Å². The number of hydrogen-bond acceptors (Lipinski definition) is 5. The summed E-state index contributed by atoms with van der Waals surface area (Å²) in [7, 11) is 0. The molecule has 3 fully saturated rings. The monoisotopic (exact) mass is 746 g/mol. The van der Waals surface area contributed by atoms with Crippen LogP contribution in [-0.2, 0) is 15.3 Å². The molecule has 0 radical (unpaired) electrons. The molecule has 2 aliphatic heterocycles. The number of rotatable bonds is 12. The average molecular weight is 747 g/mol. The van der Waals surface area contributed by atoms with Gasteiger partial charge in [0.05, 0.1) is 32.0 Å². The van der Waals surface area contributed by atoms with Crippen molar-refractivity contribution in [2.24, 2.45) is 35.5 Å². The summed E-state index contributed by atoms with van der Waals surface area (Å²) in [5, 5.41) is 10.8. The van der Waals surface area contributed by atoms with Crippen LogP contribution in [0.15, 0.2) is 30.3 Å². The molecule has 2 aromatic carbocycles.